The number of nitrogens with one attached hydrogen (secondary N) is 2. The first kappa shape index (κ1) is 10.6. The number of hydrogen-bond acceptors (Lipinski definition) is 3. The van der Waals surface area contributed by atoms with E-state index in [9.17, 15) is 5.11 Å². The van der Waals surface area contributed by atoms with Crippen LogP contribution in [0.5, 0.6) is 5.75 Å². The van der Waals surface area contributed by atoms with Crippen molar-refractivity contribution in [1.29, 1.82) is 0 Å². The summed E-state index contributed by atoms with van der Waals surface area (Å²) in [5.41, 5.74) is 0.896. The smallest absolute Gasteiger partial charge is 0.120 e. The van der Waals surface area contributed by atoms with Crippen molar-refractivity contribution in [2.24, 2.45) is 0 Å². The summed E-state index contributed by atoms with van der Waals surface area (Å²) in [5, 5.41) is 16.1. The van der Waals surface area contributed by atoms with Crippen molar-refractivity contribution in [3.63, 3.8) is 0 Å². The van der Waals surface area contributed by atoms with Gasteiger partial charge in [-0.05, 0) is 19.1 Å². The summed E-state index contributed by atoms with van der Waals surface area (Å²) in [6.45, 7) is 2.71. The molecule has 0 spiro atoms. The third-order valence-electron chi connectivity index (χ3n) is 2.51. The molecule has 0 aromatic heterocycles. The number of aromatic hydroxyl groups is 1. The van der Waals surface area contributed by atoms with Gasteiger partial charge in [-0.15, -0.1) is 0 Å². The predicted molar refractivity (Wildman–Crippen MR) is 64.8 cm³/mol. The normalized spacial score (nSPS) is 18.8. The Kier molecular flexibility index (Phi) is 3.15. The van der Waals surface area contributed by atoms with Crippen LogP contribution < -0.4 is 10.6 Å². The summed E-state index contributed by atoms with van der Waals surface area (Å²) < 4.78 is 0. The first-order chi connectivity index (χ1) is 7.75. The molecule has 1 aliphatic heterocycles. The summed E-state index contributed by atoms with van der Waals surface area (Å²) in [6.07, 6.45) is 6.10. The highest BCUT2D eigenvalue weighted by atomic mass is 16.3. The van der Waals surface area contributed by atoms with Gasteiger partial charge in [0.25, 0.3) is 0 Å². The van der Waals surface area contributed by atoms with Crippen LogP contribution in [0.3, 0.4) is 0 Å². The standard InChI is InChI=1S/C13H16N2O/c1-10-5-4-8-13(15-10)14-9-11-6-2-3-7-12(11)16/h2-8,10,14-16H,9H2,1H3. The van der Waals surface area contributed by atoms with E-state index in [-0.39, 0.29) is 0 Å². The second-order valence-corrected chi connectivity index (χ2v) is 3.88. The van der Waals surface area contributed by atoms with E-state index in [0.717, 1.165) is 11.4 Å². The maximum atomic E-state index is 9.60. The number of hydrogen-bond donors (Lipinski definition) is 3. The maximum Gasteiger partial charge on any atom is 0.120 e. The molecule has 3 nitrogen and oxygen atoms in total. The van der Waals surface area contributed by atoms with Gasteiger partial charge < -0.3 is 15.7 Å². The van der Waals surface area contributed by atoms with E-state index in [1.54, 1.807) is 6.07 Å². The Bertz CT molecular complexity index is 424. The number of phenols is 1. The Morgan fingerprint density at radius 1 is 1.38 bits per heavy atom. The molecule has 3 N–H and O–H groups in total. The van der Waals surface area contributed by atoms with Gasteiger partial charge in [0.05, 0.1) is 5.82 Å². The molecule has 0 bridgehead atoms. The van der Waals surface area contributed by atoms with Crippen molar-refractivity contribution in [2.45, 2.75) is 19.5 Å². The monoisotopic (exact) mass is 216 g/mol. The van der Waals surface area contributed by atoms with E-state index >= 15 is 0 Å². The highest BCUT2D eigenvalue weighted by Gasteiger charge is 2.05. The van der Waals surface area contributed by atoms with Crippen LogP contribution in [0, 0.1) is 0 Å². The van der Waals surface area contributed by atoms with Gasteiger partial charge >= 0.3 is 0 Å². The lowest BCUT2D eigenvalue weighted by atomic mass is 10.2. The van der Waals surface area contributed by atoms with Gasteiger partial charge in [0.15, 0.2) is 0 Å². The Hall–Kier alpha value is -1.90. The molecule has 2 rings (SSSR count). The first-order valence-electron chi connectivity index (χ1n) is 5.41. The van der Waals surface area contributed by atoms with Crippen LogP contribution in [0.2, 0.25) is 0 Å². The number of para-hydroxylation sites is 1. The second kappa shape index (κ2) is 4.75. The minimum Gasteiger partial charge on any atom is -0.508 e. The summed E-state index contributed by atoms with van der Waals surface area (Å²) in [6, 6.07) is 7.69. The van der Waals surface area contributed by atoms with Crippen molar-refractivity contribution in [3.05, 3.63) is 53.9 Å². The van der Waals surface area contributed by atoms with Gasteiger partial charge in [-0.3, -0.25) is 0 Å². The van der Waals surface area contributed by atoms with Crippen LogP contribution >= 0.6 is 0 Å². The summed E-state index contributed by atoms with van der Waals surface area (Å²) >= 11 is 0. The number of allylic oxidation sites excluding steroid dienone is 2. The largest absolute Gasteiger partial charge is 0.508 e. The molecule has 0 saturated heterocycles. The van der Waals surface area contributed by atoms with E-state index in [2.05, 4.69) is 23.6 Å². The molecule has 0 saturated carbocycles. The molecule has 1 aromatic rings. The summed E-state index contributed by atoms with van der Waals surface area (Å²) in [7, 11) is 0. The topological polar surface area (TPSA) is 44.3 Å². The predicted octanol–water partition coefficient (Wildman–Crippen LogP) is 1.87. The third kappa shape index (κ3) is 2.57. The Labute approximate surface area is 95.5 Å². The Balaban J connectivity index is 1.95. The van der Waals surface area contributed by atoms with E-state index in [1.807, 2.05) is 30.4 Å². The van der Waals surface area contributed by atoms with Crippen molar-refractivity contribution in [1.82, 2.24) is 10.6 Å². The first-order valence-corrected chi connectivity index (χ1v) is 5.41. The molecule has 84 valence electrons. The quantitative estimate of drug-likeness (QED) is 0.722. The van der Waals surface area contributed by atoms with Crippen LogP contribution in [-0.4, -0.2) is 11.1 Å². The number of phenolic OH excluding ortho intramolecular Hbond substituents is 1. The highest BCUT2D eigenvalue weighted by molar-refractivity contribution is 5.32. The minimum absolute atomic E-state index is 0.329. The molecule has 0 radical (unpaired) electrons. The SMILES string of the molecule is CC1C=CC=C(NCc2ccccc2O)N1. The molecular weight excluding hydrogens is 200 g/mol. The van der Waals surface area contributed by atoms with Crippen LogP contribution in [0.25, 0.3) is 0 Å². The van der Waals surface area contributed by atoms with Crippen LogP contribution in [0.15, 0.2) is 48.3 Å². The van der Waals surface area contributed by atoms with E-state index in [4.69, 9.17) is 0 Å². The molecular formula is C13H16N2O. The molecule has 3 heteroatoms. The van der Waals surface area contributed by atoms with Gasteiger partial charge in [0.1, 0.15) is 5.75 Å². The number of benzene rings is 1. The lowest BCUT2D eigenvalue weighted by Gasteiger charge is -2.19. The van der Waals surface area contributed by atoms with Crippen molar-refractivity contribution < 1.29 is 5.11 Å². The lowest BCUT2D eigenvalue weighted by molar-refractivity contribution is 0.465. The zero-order valence-corrected chi connectivity index (χ0v) is 9.27. The van der Waals surface area contributed by atoms with E-state index in [0.29, 0.717) is 18.3 Å². The van der Waals surface area contributed by atoms with Crippen LogP contribution in [0.4, 0.5) is 0 Å². The number of rotatable bonds is 3. The Morgan fingerprint density at radius 3 is 2.94 bits per heavy atom. The zero-order chi connectivity index (χ0) is 11.4. The van der Waals surface area contributed by atoms with Gasteiger partial charge in [0, 0.05) is 18.2 Å². The molecule has 1 heterocycles. The average Bonchev–Trinajstić information content (AvgIpc) is 2.28. The zero-order valence-electron chi connectivity index (χ0n) is 9.27. The Morgan fingerprint density at radius 2 is 2.19 bits per heavy atom. The molecule has 1 unspecified atom stereocenters. The summed E-state index contributed by atoms with van der Waals surface area (Å²) in [4.78, 5) is 0. The fourth-order valence-corrected chi connectivity index (χ4v) is 1.62. The molecule has 0 aliphatic carbocycles. The van der Waals surface area contributed by atoms with Crippen molar-refractivity contribution >= 4 is 0 Å². The van der Waals surface area contributed by atoms with E-state index < -0.39 is 0 Å². The molecule has 1 aliphatic rings. The molecule has 1 aromatic carbocycles. The molecule has 1 atom stereocenters. The lowest BCUT2D eigenvalue weighted by Crippen LogP contribution is -2.33. The van der Waals surface area contributed by atoms with Crippen LogP contribution in [0.1, 0.15) is 12.5 Å². The van der Waals surface area contributed by atoms with Crippen molar-refractivity contribution in [3.8, 4) is 5.75 Å². The van der Waals surface area contributed by atoms with E-state index in [1.165, 1.54) is 0 Å². The van der Waals surface area contributed by atoms with Gasteiger partial charge in [0.2, 0.25) is 0 Å². The fourth-order valence-electron chi connectivity index (χ4n) is 1.62. The van der Waals surface area contributed by atoms with Gasteiger partial charge in [-0.1, -0.05) is 30.4 Å². The van der Waals surface area contributed by atoms with Crippen molar-refractivity contribution in [2.75, 3.05) is 0 Å². The highest BCUT2D eigenvalue weighted by Crippen LogP contribution is 2.15. The third-order valence-corrected chi connectivity index (χ3v) is 2.51. The maximum absolute atomic E-state index is 9.60. The molecule has 0 fully saturated rings. The van der Waals surface area contributed by atoms with Gasteiger partial charge in [-0.2, -0.15) is 0 Å². The summed E-state index contributed by atoms with van der Waals surface area (Å²) in [5.74, 6) is 1.31. The number of dihydropyridines is 1. The average molecular weight is 216 g/mol. The molecule has 0 amide bonds. The fraction of sp³-hybridized carbons (Fsp3) is 0.231. The minimum atomic E-state index is 0.329. The second-order valence-electron chi connectivity index (χ2n) is 3.88. The van der Waals surface area contributed by atoms with Gasteiger partial charge in [-0.25, -0.2) is 0 Å². The molecule has 16 heavy (non-hydrogen) atoms. The van der Waals surface area contributed by atoms with Crippen LogP contribution in [-0.2, 0) is 6.54 Å².